The summed E-state index contributed by atoms with van der Waals surface area (Å²) in [5.74, 6) is -1.04. The largest absolute Gasteiger partial charge is 0.476 e. The van der Waals surface area contributed by atoms with Crippen molar-refractivity contribution in [1.82, 2.24) is 14.8 Å². The highest BCUT2D eigenvalue weighted by molar-refractivity contribution is 6.35. The zero-order valence-electron chi connectivity index (χ0n) is 10.0. The van der Waals surface area contributed by atoms with Crippen LogP contribution in [0.4, 0.5) is 0 Å². The molecule has 0 radical (unpaired) electrons. The van der Waals surface area contributed by atoms with Crippen LogP contribution in [0.2, 0.25) is 5.02 Å². The van der Waals surface area contributed by atoms with E-state index in [2.05, 4.69) is 10.1 Å². The van der Waals surface area contributed by atoms with Gasteiger partial charge in [0.2, 0.25) is 0 Å². The fraction of sp³-hybridized carbons (Fsp3) is 0.0769. The first kappa shape index (κ1) is 11.8. The Morgan fingerprint density at radius 2 is 2.21 bits per heavy atom. The van der Waals surface area contributed by atoms with E-state index in [1.807, 2.05) is 18.2 Å². The average molecular weight is 276 g/mol. The van der Waals surface area contributed by atoms with E-state index in [9.17, 15) is 4.79 Å². The van der Waals surface area contributed by atoms with Crippen LogP contribution in [0.15, 0.2) is 30.5 Å². The van der Waals surface area contributed by atoms with Crippen molar-refractivity contribution in [2.24, 2.45) is 7.05 Å². The number of benzene rings is 1. The van der Waals surface area contributed by atoms with E-state index in [0.29, 0.717) is 5.02 Å². The lowest BCUT2D eigenvalue weighted by molar-refractivity contribution is 0.0689. The molecule has 0 saturated carbocycles. The van der Waals surface area contributed by atoms with Crippen LogP contribution < -0.4 is 0 Å². The molecule has 0 fully saturated rings. The smallest absolute Gasteiger partial charge is 0.356 e. The maximum absolute atomic E-state index is 10.9. The predicted octanol–water partition coefficient (Wildman–Crippen LogP) is 2.92. The Balaban J connectivity index is 2.15. The molecule has 3 aromatic rings. The number of H-pyrrole nitrogens is 1. The Hall–Kier alpha value is -2.27. The highest BCUT2D eigenvalue weighted by atomic mass is 35.5. The second-order valence-electron chi connectivity index (χ2n) is 4.24. The number of carbonyl (C=O) groups is 1. The Bertz CT molecular complexity index is 788. The van der Waals surface area contributed by atoms with Gasteiger partial charge in [-0.2, -0.15) is 5.10 Å². The van der Waals surface area contributed by atoms with Gasteiger partial charge >= 0.3 is 5.97 Å². The number of aromatic amines is 1. The predicted molar refractivity (Wildman–Crippen MR) is 72.5 cm³/mol. The molecule has 0 unspecified atom stereocenters. The lowest BCUT2D eigenvalue weighted by Gasteiger charge is -2.02. The number of hydrogen-bond acceptors (Lipinski definition) is 2. The second-order valence-corrected chi connectivity index (χ2v) is 4.65. The van der Waals surface area contributed by atoms with E-state index < -0.39 is 5.97 Å². The first-order chi connectivity index (χ1) is 9.06. The summed E-state index contributed by atoms with van der Waals surface area (Å²) in [5, 5.41) is 14.5. The van der Waals surface area contributed by atoms with Crippen molar-refractivity contribution >= 4 is 28.5 Å². The van der Waals surface area contributed by atoms with Crippen molar-refractivity contribution in [3.8, 4) is 11.3 Å². The van der Waals surface area contributed by atoms with Gasteiger partial charge in [-0.05, 0) is 12.1 Å². The summed E-state index contributed by atoms with van der Waals surface area (Å²) in [4.78, 5) is 14.0. The molecule has 1 aromatic carbocycles. The standard InChI is InChI=1S/C13H10ClN3O2/c1-17-12(5-11(16-17)13(18)19)7-2-3-8-9(14)6-15-10(8)4-7/h2-6,15H,1H3,(H,18,19). The van der Waals surface area contributed by atoms with Gasteiger partial charge in [-0.25, -0.2) is 4.79 Å². The van der Waals surface area contributed by atoms with E-state index in [0.717, 1.165) is 22.2 Å². The number of aryl methyl sites for hydroxylation is 1. The summed E-state index contributed by atoms with van der Waals surface area (Å²) in [6.07, 6.45) is 1.72. The minimum absolute atomic E-state index is 0.0297. The van der Waals surface area contributed by atoms with E-state index in [1.54, 1.807) is 24.0 Å². The molecule has 5 nitrogen and oxygen atoms in total. The molecule has 0 spiro atoms. The molecule has 0 aliphatic carbocycles. The van der Waals surface area contributed by atoms with Gasteiger partial charge in [-0.15, -0.1) is 0 Å². The molecule has 0 amide bonds. The Labute approximate surface area is 113 Å². The highest BCUT2D eigenvalue weighted by Gasteiger charge is 2.13. The van der Waals surface area contributed by atoms with Gasteiger partial charge in [-0.3, -0.25) is 4.68 Å². The highest BCUT2D eigenvalue weighted by Crippen LogP contribution is 2.28. The number of hydrogen-bond donors (Lipinski definition) is 2. The van der Waals surface area contributed by atoms with Gasteiger partial charge in [0.05, 0.1) is 10.7 Å². The topological polar surface area (TPSA) is 70.9 Å². The van der Waals surface area contributed by atoms with Crippen LogP contribution in [0.3, 0.4) is 0 Å². The molecule has 2 aromatic heterocycles. The molecule has 0 atom stereocenters. The van der Waals surface area contributed by atoms with E-state index in [1.165, 1.54) is 0 Å². The monoisotopic (exact) mass is 275 g/mol. The van der Waals surface area contributed by atoms with Gasteiger partial charge in [0, 0.05) is 29.7 Å². The zero-order valence-corrected chi connectivity index (χ0v) is 10.8. The quantitative estimate of drug-likeness (QED) is 0.755. The Morgan fingerprint density at radius 1 is 1.42 bits per heavy atom. The van der Waals surface area contributed by atoms with E-state index >= 15 is 0 Å². The van der Waals surface area contributed by atoms with Crippen LogP contribution in [0.25, 0.3) is 22.2 Å². The van der Waals surface area contributed by atoms with Crippen LogP contribution in [-0.2, 0) is 7.05 Å². The SMILES string of the molecule is Cn1nc(C(=O)O)cc1-c1ccc2c(Cl)c[nH]c2c1. The number of carboxylic acid groups (broad SMARTS) is 1. The van der Waals surface area contributed by atoms with Gasteiger partial charge in [0.1, 0.15) is 0 Å². The van der Waals surface area contributed by atoms with Gasteiger partial charge in [0.15, 0.2) is 5.69 Å². The van der Waals surface area contributed by atoms with Crippen LogP contribution in [0, 0.1) is 0 Å². The maximum Gasteiger partial charge on any atom is 0.356 e. The molecular formula is C13H10ClN3O2. The van der Waals surface area contributed by atoms with Crippen molar-refractivity contribution in [3.05, 3.63) is 41.2 Å². The molecule has 3 rings (SSSR count). The minimum Gasteiger partial charge on any atom is -0.476 e. The summed E-state index contributed by atoms with van der Waals surface area (Å²) in [7, 11) is 1.72. The summed E-state index contributed by atoms with van der Waals surface area (Å²) < 4.78 is 1.55. The Morgan fingerprint density at radius 3 is 2.89 bits per heavy atom. The fourth-order valence-electron chi connectivity index (χ4n) is 2.09. The van der Waals surface area contributed by atoms with E-state index in [-0.39, 0.29) is 5.69 Å². The first-order valence-corrected chi connectivity index (χ1v) is 5.98. The van der Waals surface area contributed by atoms with Crippen LogP contribution in [-0.4, -0.2) is 25.8 Å². The molecular weight excluding hydrogens is 266 g/mol. The maximum atomic E-state index is 10.9. The summed E-state index contributed by atoms with van der Waals surface area (Å²) in [6, 6.07) is 7.26. The third-order valence-electron chi connectivity index (χ3n) is 3.03. The van der Waals surface area contributed by atoms with Crippen molar-refractivity contribution in [3.63, 3.8) is 0 Å². The van der Waals surface area contributed by atoms with Crippen LogP contribution in [0.5, 0.6) is 0 Å². The molecule has 2 heterocycles. The number of aromatic carboxylic acids is 1. The summed E-state index contributed by atoms with van der Waals surface area (Å²) in [5.41, 5.74) is 2.56. The summed E-state index contributed by atoms with van der Waals surface area (Å²) in [6.45, 7) is 0. The molecule has 0 aliphatic rings. The number of nitrogens with zero attached hydrogens (tertiary/aromatic N) is 2. The number of rotatable bonds is 2. The second kappa shape index (κ2) is 4.13. The van der Waals surface area contributed by atoms with E-state index in [4.69, 9.17) is 16.7 Å². The van der Waals surface area contributed by atoms with Crippen LogP contribution in [0.1, 0.15) is 10.5 Å². The molecule has 0 bridgehead atoms. The zero-order chi connectivity index (χ0) is 13.6. The Kier molecular flexibility index (Phi) is 2.57. The lowest BCUT2D eigenvalue weighted by Crippen LogP contribution is -1.99. The first-order valence-electron chi connectivity index (χ1n) is 5.60. The fourth-order valence-corrected chi connectivity index (χ4v) is 2.31. The van der Waals surface area contributed by atoms with Crippen molar-refractivity contribution in [2.75, 3.05) is 0 Å². The van der Waals surface area contributed by atoms with Gasteiger partial charge < -0.3 is 10.1 Å². The third kappa shape index (κ3) is 1.88. The average Bonchev–Trinajstić information content (AvgIpc) is 2.93. The van der Waals surface area contributed by atoms with Gasteiger partial charge in [0.25, 0.3) is 0 Å². The third-order valence-corrected chi connectivity index (χ3v) is 3.34. The molecule has 6 heteroatoms. The molecule has 2 N–H and O–H groups in total. The number of nitrogens with one attached hydrogen (secondary N) is 1. The van der Waals surface area contributed by atoms with Gasteiger partial charge in [-0.1, -0.05) is 23.7 Å². The number of carboxylic acids is 1. The van der Waals surface area contributed by atoms with Crippen molar-refractivity contribution in [1.29, 1.82) is 0 Å². The molecule has 0 aliphatic heterocycles. The number of aromatic nitrogens is 3. The van der Waals surface area contributed by atoms with Crippen LogP contribution >= 0.6 is 11.6 Å². The number of halogens is 1. The molecule has 19 heavy (non-hydrogen) atoms. The van der Waals surface area contributed by atoms with Crippen molar-refractivity contribution < 1.29 is 9.90 Å². The molecule has 0 saturated heterocycles. The van der Waals surface area contributed by atoms with Crippen molar-refractivity contribution in [2.45, 2.75) is 0 Å². The summed E-state index contributed by atoms with van der Waals surface area (Å²) >= 11 is 6.02. The minimum atomic E-state index is -1.04. The molecule has 96 valence electrons. The lowest BCUT2D eigenvalue weighted by atomic mass is 10.1. The normalized spacial score (nSPS) is 11.1. The number of fused-ring (bicyclic) bond motifs is 1.